The Bertz CT molecular complexity index is 1150. The molecule has 2 heterocycles. The number of carbonyl (C=O) groups is 3. The molecule has 29 heavy (non-hydrogen) atoms. The number of aromatic nitrogens is 1. The number of pyridine rings is 1. The summed E-state index contributed by atoms with van der Waals surface area (Å²) in [5.74, 6) is -1.82. The Hall–Kier alpha value is -3.87. The summed E-state index contributed by atoms with van der Waals surface area (Å²) in [7, 11) is 0. The fourth-order valence-corrected chi connectivity index (χ4v) is 3.17. The van der Waals surface area contributed by atoms with E-state index in [0.717, 1.165) is 10.5 Å². The van der Waals surface area contributed by atoms with Gasteiger partial charge < -0.3 is 5.32 Å². The molecule has 1 aliphatic rings. The van der Waals surface area contributed by atoms with Crippen LogP contribution in [0, 0.1) is 12.7 Å². The number of nitrogens with zero attached hydrogens (tertiary/aromatic N) is 2. The Balaban J connectivity index is 1.58. The third-order valence-electron chi connectivity index (χ3n) is 4.77. The van der Waals surface area contributed by atoms with Gasteiger partial charge in [-0.1, -0.05) is 6.07 Å². The van der Waals surface area contributed by atoms with Gasteiger partial charge in [0.05, 0.1) is 17.7 Å². The smallest absolute Gasteiger partial charge is 0.261 e. The first kappa shape index (κ1) is 18.5. The molecule has 0 spiro atoms. The molecule has 3 aromatic rings. The van der Waals surface area contributed by atoms with E-state index in [4.69, 9.17) is 0 Å². The maximum atomic E-state index is 13.5. The van der Waals surface area contributed by atoms with E-state index in [1.165, 1.54) is 30.3 Å². The summed E-state index contributed by atoms with van der Waals surface area (Å²) < 4.78 is 13.5. The van der Waals surface area contributed by atoms with Crippen LogP contribution in [0.15, 0.2) is 60.9 Å². The van der Waals surface area contributed by atoms with Crippen molar-refractivity contribution in [3.05, 3.63) is 94.6 Å². The molecule has 0 fully saturated rings. The van der Waals surface area contributed by atoms with Gasteiger partial charge in [0.15, 0.2) is 0 Å². The zero-order chi connectivity index (χ0) is 20.5. The van der Waals surface area contributed by atoms with Gasteiger partial charge >= 0.3 is 0 Å². The van der Waals surface area contributed by atoms with Crippen LogP contribution in [0.3, 0.4) is 0 Å². The summed E-state index contributed by atoms with van der Waals surface area (Å²) in [6.45, 7) is 1.87. The third kappa shape index (κ3) is 3.50. The average molecular weight is 389 g/mol. The minimum Gasteiger partial charge on any atom is -0.322 e. The second kappa shape index (κ2) is 7.27. The molecular weight excluding hydrogens is 373 g/mol. The Kier molecular flexibility index (Phi) is 4.64. The summed E-state index contributed by atoms with van der Waals surface area (Å²) in [6, 6.07) is 11.9. The highest BCUT2D eigenvalue weighted by atomic mass is 19.1. The van der Waals surface area contributed by atoms with Gasteiger partial charge in [-0.15, -0.1) is 0 Å². The van der Waals surface area contributed by atoms with Crippen molar-refractivity contribution in [1.29, 1.82) is 0 Å². The minimum atomic E-state index is -0.491. The second-order valence-corrected chi connectivity index (χ2v) is 6.73. The Morgan fingerprint density at radius 3 is 2.48 bits per heavy atom. The lowest BCUT2D eigenvalue weighted by molar-refractivity contribution is 0.0642. The molecule has 0 saturated carbocycles. The quantitative estimate of drug-likeness (QED) is 0.692. The number of imide groups is 1. The van der Waals surface area contributed by atoms with Crippen molar-refractivity contribution in [2.24, 2.45) is 0 Å². The van der Waals surface area contributed by atoms with Crippen molar-refractivity contribution >= 4 is 23.4 Å². The van der Waals surface area contributed by atoms with Crippen LogP contribution >= 0.6 is 0 Å². The SMILES string of the molecule is Cc1ccc(F)cc1NC(=O)c1ccc2c(c1)C(=O)N(Cc1ccncc1)C2=O. The standard InChI is InChI=1S/C22H16FN3O3/c1-13-2-4-16(23)11-19(13)25-20(27)15-3-5-17-18(10-15)22(29)26(21(17)28)12-14-6-8-24-9-7-14/h2-11H,12H2,1H3,(H,25,27). The first-order valence-electron chi connectivity index (χ1n) is 8.90. The summed E-state index contributed by atoms with van der Waals surface area (Å²) in [5.41, 5.74) is 2.46. The monoisotopic (exact) mass is 389 g/mol. The van der Waals surface area contributed by atoms with Crippen LogP contribution in [0.5, 0.6) is 0 Å². The van der Waals surface area contributed by atoms with Crippen LogP contribution in [0.1, 0.15) is 42.2 Å². The largest absolute Gasteiger partial charge is 0.322 e. The molecule has 0 saturated heterocycles. The van der Waals surface area contributed by atoms with Gasteiger partial charge in [-0.25, -0.2) is 4.39 Å². The maximum Gasteiger partial charge on any atom is 0.261 e. The third-order valence-corrected chi connectivity index (χ3v) is 4.77. The minimum absolute atomic E-state index is 0.124. The van der Waals surface area contributed by atoms with E-state index in [9.17, 15) is 18.8 Å². The first-order valence-corrected chi connectivity index (χ1v) is 8.90. The van der Waals surface area contributed by atoms with Crippen molar-refractivity contribution in [2.45, 2.75) is 13.5 Å². The zero-order valence-corrected chi connectivity index (χ0v) is 15.5. The van der Waals surface area contributed by atoms with Crippen molar-refractivity contribution in [2.75, 3.05) is 5.32 Å². The molecule has 0 atom stereocenters. The number of aryl methyl sites for hydroxylation is 1. The molecule has 144 valence electrons. The number of rotatable bonds is 4. The Morgan fingerprint density at radius 1 is 1.00 bits per heavy atom. The number of amides is 3. The Labute approximate surface area is 166 Å². The molecule has 1 aromatic heterocycles. The first-order chi connectivity index (χ1) is 13.9. The molecule has 4 rings (SSSR count). The van der Waals surface area contributed by atoms with Crippen LogP contribution in [-0.2, 0) is 6.54 Å². The number of benzene rings is 2. The molecule has 3 amide bonds. The van der Waals surface area contributed by atoms with Crippen molar-refractivity contribution < 1.29 is 18.8 Å². The lowest BCUT2D eigenvalue weighted by atomic mass is 10.0. The van der Waals surface area contributed by atoms with Crippen molar-refractivity contribution in [1.82, 2.24) is 9.88 Å². The molecule has 1 aliphatic heterocycles. The molecular formula is C22H16FN3O3. The lowest BCUT2D eigenvalue weighted by Gasteiger charge is -2.13. The molecule has 0 aliphatic carbocycles. The lowest BCUT2D eigenvalue weighted by Crippen LogP contribution is -2.29. The molecule has 6 nitrogen and oxygen atoms in total. The van der Waals surface area contributed by atoms with Crippen LogP contribution in [0.2, 0.25) is 0 Å². The van der Waals surface area contributed by atoms with E-state index in [2.05, 4.69) is 10.3 Å². The highest BCUT2D eigenvalue weighted by Gasteiger charge is 2.36. The van der Waals surface area contributed by atoms with Gasteiger partial charge in [-0.05, 0) is 60.5 Å². The molecule has 2 aromatic carbocycles. The van der Waals surface area contributed by atoms with Crippen molar-refractivity contribution in [3.8, 4) is 0 Å². The summed E-state index contributed by atoms with van der Waals surface area (Å²) in [4.78, 5) is 43.0. The fraction of sp³-hybridized carbons (Fsp3) is 0.0909. The fourth-order valence-electron chi connectivity index (χ4n) is 3.17. The van der Waals surface area contributed by atoms with Gasteiger partial charge in [0.25, 0.3) is 17.7 Å². The zero-order valence-electron chi connectivity index (χ0n) is 15.5. The van der Waals surface area contributed by atoms with Gasteiger partial charge in [-0.2, -0.15) is 0 Å². The molecule has 7 heteroatoms. The Morgan fingerprint density at radius 2 is 1.72 bits per heavy atom. The molecule has 1 N–H and O–H groups in total. The van der Waals surface area contributed by atoms with E-state index in [0.29, 0.717) is 11.3 Å². The highest BCUT2D eigenvalue weighted by molar-refractivity contribution is 6.22. The van der Waals surface area contributed by atoms with E-state index in [-0.39, 0.29) is 23.2 Å². The maximum absolute atomic E-state index is 13.5. The number of nitrogens with one attached hydrogen (secondary N) is 1. The predicted molar refractivity (Wildman–Crippen MR) is 104 cm³/mol. The van der Waals surface area contributed by atoms with Gasteiger partial charge in [0.1, 0.15) is 5.82 Å². The van der Waals surface area contributed by atoms with Crippen LogP contribution in [0.4, 0.5) is 10.1 Å². The van der Waals surface area contributed by atoms with Gasteiger partial charge in [-0.3, -0.25) is 24.3 Å². The van der Waals surface area contributed by atoms with Gasteiger partial charge in [0, 0.05) is 23.6 Å². The van der Waals surface area contributed by atoms with Crippen LogP contribution in [0.25, 0.3) is 0 Å². The van der Waals surface area contributed by atoms with E-state index in [1.807, 2.05) is 0 Å². The molecule has 0 bridgehead atoms. The van der Waals surface area contributed by atoms with Crippen LogP contribution < -0.4 is 5.32 Å². The summed E-state index contributed by atoms with van der Waals surface area (Å²) in [5, 5.41) is 2.64. The van der Waals surface area contributed by atoms with E-state index >= 15 is 0 Å². The number of hydrogen-bond acceptors (Lipinski definition) is 4. The number of hydrogen-bond donors (Lipinski definition) is 1. The predicted octanol–water partition coefficient (Wildman–Crippen LogP) is 3.58. The van der Waals surface area contributed by atoms with Crippen molar-refractivity contribution in [3.63, 3.8) is 0 Å². The number of halogens is 1. The van der Waals surface area contributed by atoms with E-state index < -0.39 is 23.5 Å². The van der Waals surface area contributed by atoms with Crippen LogP contribution in [-0.4, -0.2) is 27.6 Å². The normalized spacial score (nSPS) is 12.8. The average Bonchev–Trinajstić information content (AvgIpc) is 2.96. The number of fused-ring (bicyclic) bond motifs is 1. The topological polar surface area (TPSA) is 79.4 Å². The van der Waals surface area contributed by atoms with Gasteiger partial charge in [0.2, 0.25) is 0 Å². The summed E-state index contributed by atoms with van der Waals surface area (Å²) in [6.07, 6.45) is 3.18. The molecule has 0 unspecified atom stereocenters. The number of carbonyl (C=O) groups excluding carboxylic acids is 3. The van der Waals surface area contributed by atoms with E-state index in [1.54, 1.807) is 37.5 Å². The number of anilines is 1. The molecule has 0 radical (unpaired) electrons. The highest BCUT2D eigenvalue weighted by Crippen LogP contribution is 2.26. The summed E-state index contributed by atoms with van der Waals surface area (Å²) >= 11 is 0. The second-order valence-electron chi connectivity index (χ2n) is 6.73.